The number of carbonyl (C=O) groups excluding carboxylic acids is 2. The summed E-state index contributed by atoms with van der Waals surface area (Å²) in [5.41, 5.74) is 1.48. The van der Waals surface area contributed by atoms with Gasteiger partial charge in [-0.2, -0.15) is 0 Å². The maximum Gasteiger partial charge on any atom is 0.193 e. The summed E-state index contributed by atoms with van der Waals surface area (Å²) in [5, 5.41) is 0. The molecule has 3 nitrogen and oxygen atoms in total. The summed E-state index contributed by atoms with van der Waals surface area (Å²) in [7, 11) is -1.91. The molecular weight excluding hydrogens is 412 g/mol. The van der Waals surface area contributed by atoms with Crippen molar-refractivity contribution >= 4 is 19.9 Å². The predicted octanol–water partition coefficient (Wildman–Crippen LogP) is 7.42. The van der Waals surface area contributed by atoms with Crippen LogP contribution in [0.3, 0.4) is 0 Å². The Kier molecular flexibility index (Phi) is 8.76. The molecule has 4 heteroatoms. The highest BCUT2D eigenvalue weighted by molar-refractivity contribution is 6.73. The van der Waals surface area contributed by atoms with Gasteiger partial charge in [0.1, 0.15) is 0 Å². The third-order valence-corrected chi connectivity index (χ3v) is 13.1. The smallest absolute Gasteiger partial charge is 0.193 e. The Labute approximate surface area is 197 Å². The van der Waals surface area contributed by atoms with E-state index in [1.165, 1.54) is 68.3 Å². The van der Waals surface area contributed by atoms with Gasteiger partial charge in [-0.05, 0) is 55.0 Å². The van der Waals surface area contributed by atoms with E-state index < -0.39 is 8.32 Å². The molecule has 3 rings (SSSR count). The molecule has 0 aliphatic heterocycles. The summed E-state index contributed by atoms with van der Waals surface area (Å²) < 4.78 is 7.39. The lowest BCUT2D eigenvalue weighted by atomic mass is 9.56. The molecule has 3 aliphatic rings. The topological polar surface area (TPSA) is 43.4 Å². The highest BCUT2D eigenvalue weighted by Crippen LogP contribution is 2.54. The number of hydrogen-bond acceptors (Lipinski definition) is 3. The molecule has 0 aromatic rings. The van der Waals surface area contributed by atoms with Crippen molar-refractivity contribution in [3.05, 3.63) is 23.8 Å². The third kappa shape index (κ3) is 5.38. The van der Waals surface area contributed by atoms with E-state index in [0.717, 1.165) is 12.8 Å². The van der Waals surface area contributed by atoms with Crippen LogP contribution in [0.25, 0.3) is 0 Å². The van der Waals surface area contributed by atoms with E-state index in [1.54, 1.807) is 6.08 Å². The number of allylic oxidation sites excluding steroid dienone is 3. The number of unbranched alkanes of at least 4 members (excludes halogenated alkanes) is 3. The van der Waals surface area contributed by atoms with Crippen LogP contribution in [0.15, 0.2) is 23.8 Å². The molecule has 3 aliphatic carbocycles. The van der Waals surface area contributed by atoms with Crippen LogP contribution in [0.1, 0.15) is 92.4 Å². The summed E-state index contributed by atoms with van der Waals surface area (Å²) in [5.74, 6) is -0.0277. The first-order chi connectivity index (χ1) is 15.3. The van der Waals surface area contributed by atoms with Crippen molar-refractivity contribution in [2.24, 2.45) is 23.2 Å². The maximum atomic E-state index is 13.2. The standard InChI is InChI=1S/C28H46O3Si/c1-6-9-18-32(19-10-7-2,20-11-8-3)31-25-16-17-28(4,5)22-13-12-21-23(29)14-15-24(30)26(21)27(22)25/h13-15,21,25-27H,6-12,16-20H2,1-5H3/t21-,25+,26-,27+/m0/s1. The summed E-state index contributed by atoms with van der Waals surface area (Å²) in [4.78, 5) is 25.9. The Bertz CT molecular complexity index is 713. The molecule has 1 fully saturated rings. The Morgan fingerprint density at radius 1 is 0.906 bits per heavy atom. The molecule has 0 spiro atoms. The third-order valence-electron chi connectivity index (χ3n) is 8.47. The van der Waals surface area contributed by atoms with Gasteiger partial charge in [0.2, 0.25) is 0 Å². The quantitative estimate of drug-likeness (QED) is 0.239. The zero-order chi connectivity index (χ0) is 23.4. The lowest BCUT2D eigenvalue weighted by Gasteiger charge is -2.52. The summed E-state index contributed by atoms with van der Waals surface area (Å²) in [6.07, 6.45) is 15.7. The fourth-order valence-corrected chi connectivity index (χ4v) is 11.5. The van der Waals surface area contributed by atoms with Gasteiger partial charge in [0.25, 0.3) is 0 Å². The summed E-state index contributed by atoms with van der Waals surface area (Å²) >= 11 is 0. The monoisotopic (exact) mass is 458 g/mol. The molecule has 0 amide bonds. The highest BCUT2D eigenvalue weighted by Gasteiger charge is 2.53. The first-order valence-electron chi connectivity index (χ1n) is 13.4. The molecule has 1 saturated carbocycles. The predicted molar refractivity (Wildman–Crippen MR) is 135 cm³/mol. The Balaban J connectivity index is 1.97. The molecule has 180 valence electrons. The van der Waals surface area contributed by atoms with Crippen LogP contribution in [0.5, 0.6) is 0 Å². The van der Waals surface area contributed by atoms with Gasteiger partial charge < -0.3 is 4.43 Å². The number of ketones is 2. The number of hydrogen-bond donors (Lipinski definition) is 0. The average molecular weight is 459 g/mol. The maximum absolute atomic E-state index is 13.2. The number of carbonyl (C=O) groups is 2. The molecule has 0 heterocycles. The van der Waals surface area contributed by atoms with Gasteiger partial charge in [0.15, 0.2) is 19.9 Å². The lowest BCUT2D eigenvalue weighted by Crippen LogP contribution is -2.53. The first-order valence-corrected chi connectivity index (χ1v) is 16.0. The molecule has 0 aromatic heterocycles. The molecule has 4 atom stereocenters. The van der Waals surface area contributed by atoms with E-state index in [0.29, 0.717) is 6.42 Å². The fourth-order valence-electron chi connectivity index (χ4n) is 6.54. The van der Waals surface area contributed by atoms with Gasteiger partial charge in [-0.1, -0.05) is 84.8 Å². The SMILES string of the molecule is CCCC[Si](CCCC)(CCCC)O[C@@H]1CCC(C)(C)C2=CC[C@H]3C(=O)C=CC(=O)[C@H]3[C@H]21. The molecule has 0 bridgehead atoms. The molecule has 0 N–H and O–H groups in total. The van der Waals surface area contributed by atoms with Crippen molar-refractivity contribution in [1.82, 2.24) is 0 Å². The van der Waals surface area contributed by atoms with E-state index in [-0.39, 0.29) is 40.8 Å². The zero-order valence-corrected chi connectivity index (χ0v) is 22.3. The van der Waals surface area contributed by atoms with Crippen molar-refractivity contribution in [3.63, 3.8) is 0 Å². The van der Waals surface area contributed by atoms with Crippen LogP contribution in [0.4, 0.5) is 0 Å². The van der Waals surface area contributed by atoms with Crippen LogP contribution in [-0.2, 0) is 14.0 Å². The highest BCUT2D eigenvalue weighted by atomic mass is 28.4. The van der Waals surface area contributed by atoms with E-state index in [2.05, 4.69) is 40.7 Å². The minimum absolute atomic E-state index is 0.0793. The van der Waals surface area contributed by atoms with Gasteiger partial charge in [-0.3, -0.25) is 9.59 Å². The fraction of sp³-hybridized carbons (Fsp3) is 0.786. The van der Waals surface area contributed by atoms with E-state index in [9.17, 15) is 9.59 Å². The Morgan fingerprint density at radius 3 is 2.03 bits per heavy atom. The molecule has 32 heavy (non-hydrogen) atoms. The van der Waals surface area contributed by atoms with Gasteiger partial charge >= 0.3 is 0 Å². The lowest BCUT2D eigenvalue weighted by molar-refractivity contribution is -0.133. The van der Waals surface area contributed by atoms with Crippen LogP contribution < -0.4 is 0 Å². The second-order valence-electron chi connectivity index (χ2n) is 11.3. The molecule has 0 saturated heterocycles. The van der Waals surface area contributed by atoms with Crippen molar-refractivity contribution < 1.29 is 14.0 Å². The van der Waals surface area contributed by atoms with Gasteiger partial charge in [0.05, 0.1) is 6.10 Å². The number of fused-ring (bicyclic) bond motifs is 3. The molecule has 0 radical (unpaired) electrons. The summed E-state index contributed by atoms with van der Waals surface area (Å²) in [6, 6.07) is 3.74. The van der Waals surface area contributed by atoms with Gasteiger partial charge in [-0.25, -0.2) is 0 Å². The van der Waals surface area contributed by atoms with E-state index in [4.69, 9.17) is 4.43 Å². The van der Waals surface area contributed by atoms with Crippen molar-refractivity contribution in [2.75, 3.05) is 0 Å². The molecule has 0 unspecified atom stereocenters. The molecular formula is C28H46O3Si. The molecule has 0 aromatic carbocycles. The van der Waals surface area contributed by atoms with Gasteiger partial charge in [-0.15, -0.1) is 0 Å². The Morgan fingerprint density at radius 2 is 1.47 bits per heavy atom. The van der Waals surface area contributed by atoms with Crippen LogP contribution >= 0.6 is 0 Å². The largest absolute Gasteiger partial charge is 0.413 e. The van der Waals surface area contributed by atoms with E-state index >= 15 is 0 Å². The van der Waals surface area contributed by atoms with Gasteiger partial charge in [0, 0.05) is 17.8 Å². The zero-order valence-electron chi connectivity index (χ0n) is 21.3. The van der Waals surface area contributed by atoms with Crippen molar-refractivity contribution in [2.45, 2.75) is 117 Å². The Hall–Kier alpha value is -1.00. The summed E-state index contributed by atoms with van der Waals surface area (Å²) in [6.45, 7) is 11.5. The van der Waals surface area contributed by atoms with E-state index in [1.807, 2.05) is 0 Å². The second-order valence-corrected chi connectivity index (χ2v) is 15.4. The van der Waals surface area contributed by atoms with Crippen molar-refractivity contribution in [3.8, 4) is 0 Å². The van der Waals surface area contributed by atoms with Crippen molar-refractivity contribution in [1.29, 1.82) is 0 Å². The first kappa shape index (κ1) is 25.6. The van der Waals surface area contributed by atoms with Crippen LogP contribution in [0.2, 0.25) is 18.1 Å². The minimum Gasteiger partial charge on any atom is -0.413 e. The second kappa shape index (κ2) is 10.9. The normalized spacial score (nSPS) is 29.5. The number of rotatable bonds is 11. The van der Waals surface area contributed by atoms with Crippen LogP contribution in [0, 0.1) is 23.2 Å². The minimum atomic E-state index is -1.91. The van der Waals surface area contributed by atoms with Crippen LogP contribution in [-0.4, -0.2) is 26.0 Å². The average Bonchev–Trinajstić information content (AvgIpc) is 2.78.